The highest BCUT2D eigenvalue weighted by molar-refractivity contribution is 7.15. The van der Waals surface area contributed by atoms with Gasteiger partial charge < -0.3 is 20.4 Å². The molecule has 3 aliphatic rings. The average molecular weight is 514 g/mol. The second-order valence-electron chi connectivity index (χ2n) is 9.37. The van der Waals surface area contributed by atoms with Crippen molar-refractivity contribution in [2.75, 3.05) is 18.4 Å². The molecule has 2 atom stereocenters. The van der Waals surface area contributed by atoms with Gasteiger partial charge in [-0.2, -0.15) is 0 Å². The number of aliphatic carboxylic acids is 2. The van der Waals surface area contributed by atoms with Crippen LogP contribution in [0.3, 0.4) is 0 Å². The minimum Gasteiger partial charge on any atom is -0.478 e. The van der Waals surface area contributed by atoms with E-state index in [1.54, 1.807) is 0 Å². The van der Waals surface area contributed by atoms with Crippen molar-refractivity contribution in [3.05, 3.63) is 52.6 Å². The lowest BCUT2D eigenvalue weighted by molar-refractivity contribution is -0.134. The average Bonchev–Trinajstić information content (AvgIpc) is 3.78. The number of carbonyl (C=O) groups excluding carboxylic acids is 1. The third-order valence-electron chi connectivity index (χ3n) is 6.52. The van der Waals surface area contributed by atoms with Crippen molar-refractivity contribution in [2.24, 2.45) is 0 Å². The topological polar surface area (TPSA) is 145 Å². The largest absolute Gasteiger partial charge is 0.478 e. The van der Waals surface area contributed by atoms with Gasteiger partial charge in [-0.05, 0) is 69.8 Å². The van der Waals surface area contributed by atoms with Crippen molar-refractivity contribution >= 4 is 34.3 Å². The number of amides is 1. The minimum absolute atomic E-state index is 0.115. The number of carboxylic acids is 2. The van der Waals surface area contributed by atoms with Crippen molar-refractivity contribution in [3.8, 4) is 0 Å². The Hall–Kier alpha value is -3.15. The van der Waals surface area contributed by atoms with Crippen LogP contribution in [0.2, 0.25) is 0 Å². The van der Waals surface area contributed by atoms with Gasteiger partial charge in [0.05, 0.1) is 0 Å². The molecule has 0 unspecified atom stereocenters. The van der Waals surface area contributed by atoms with Crippen LogP contribution in [0.4, 0.5) is 5.13 Å². The molecule has 4 N–H and O–H groups in total. The maximum Gasteiger partial charge on any atom is 0.328 e. The molecule has 1 saturated heterocycles. The van der Waals surface area contributed by atoms with Crippen LogP contribution in [0, 0.1) is 6.92 Å². The Morgan fingerprint density at radius 2 is 1.75 bits per heavy atom. The summed E-state index contributed by atoms with van der Waals surface area (Å²) in [7, 11) is 0. The quantitative estimate of drug-likeness (QED) is 0.392. The van der Waals surface area contributed by atoms with Gasteiger partial charge in [0.25, 0.3) is 5.91 Å². The number of nitrogens with one attached hydrogen (secondary N) is 2. The van der Waals surface area contributed by atoms with E-state index in [1.165, 1.54) is 62.1 Å². The zero-order chi connectivity index (χ0) is 25.7. The van der Waals surface area contributed by atoms with Gasteiger partial charge in [-0.1, -0.05) is 23.5 Å². The smallest absolute Gasteiger partial charge is 0.328 e. The molecule has 192 valence electrons. The molecule has 2 heterocycles. The highest BCUT2D eigenvalue weighted by atomic mass is 32.1. The maximum atomic E-state index is 12.5. The van der Waals surface area contributed by atoms with Gasteiger partial charge >= 0.3 is 11.9 Å². The third kappa shape index (κ3) is 7.67. The first kappa shape index (κ1) is 25.9. The first-order valence-corrected chi connectivity index (χ1v) is 13.0. The Balaban J connectivity index is 0.000000331. The summed E-state index contributed by atoms with van der Waals surface area (Å²) in [4.78, 5) is 34.3. The first-order chi connectivity index (χ1) is 17.3. The number of aromatic nitrogens is 2. The number of hydrogen-bond acceptors (Lipinski definition) is 8. The van der Waals surface area contributed by atoms with Crippen molar-refractivity contribution in [2.45, 2.75) is 63.1 Å². The molecule has 0 spiro atoms. The van der Waals surface area contributed by atoms with E-state index >= 15 is 0 Å². The number of carboxylic acid groups (broad SMARTS) is 2. The predicted octanol–water partition coefficient (Wildman–Crippen LogP) is 2.88. The number of benzene rings is 1. The molecule has 1 amide bonds. The molecule has 36 heavy (non-hydrogen) atoms. The van der Waals surface area contributed by atoms with Crippen LogP contribution in [0.15, 0.2) is 36.4 Å². The summed E-state index contributed by atoms with van der Waals surface area (Å²) >= 11 is 1.39. The second-order valence-corrected chi connectivity index (χ2v) is 10.6. The van der Waals surface area contributed by atoms with Gasteiger partial charge in [-0.15, -0.1) is 10.2 Å². The van der Waals surface area contributed by atoms with Crippen molar-refractivity contribution in [3.63, 3.8) is 0 Å². The highest BCUT2D eigenvalue weighted by Crippen LogP contribution is 2.42. The van der Waals surface area contributed by atoms with Crippen LogP contribution in [-0.2, 0) is 9.59 Å². The summed E-state index contributed by atoms with van der Waals surface area (Å²) in [6.45, 7) is 4.38. The minimum atomic E-state index is -1.26. The van der Waals surface area contributed by atoms with Gasteiger partial charge in [0.1, 0.15) is 5.01 Å². The molecule has 2 saturated carbocycles. The summed E-state index contributed by atoms with van der Waals surface area (Å²) in [6, 6.07) is 10.1. The van der Waals surface area contributed by atoms with Gasteiger partial charge in [0.2, 0.25) is 5.13 Å². The molecular weight excluding hydrogens is 482 g/mol. The van der Waals surface area contributed by atoms with Crippen molar-refractivity contribution < 1.29 is 24.6 Å². The number of aryl methyl sites for hydroxylation is 1. The molecule has 0 radical (unpaired) electrons. The lowest BCUT2D eigenvalue weighted by Crippen LogP contribution is -2.44. The predicted molar refractivity (Wildman–Crippen MR) is 135 cm³/mol. The van der Waals surface area contributed by atoms with Crippen LogP contribution in [0.1, 0.15) is 59.0 Å². The third-order valence-corrected chi connectivity index (χ3v) is 7.28. The number of likely N-dealkylation sites (tertiary alicyclic amines) is 1. The zero-order valence-corrected chi connectivity index (χ0v) is 20.9. The molecule has 1 aromatic heterocycles. The lowest BCUT2D eigenvalue weighted by Gasteiger charge is -2.32. The first-order valence-electron chi connectivity index (χ1n) is 12.1. The highest BCUT2D eigenvalue weighted by Gasteiger charge is 2.40. The zero-order valence-electron chi connectivity index (χ0n) is 20.1. The van der Waals surface area contributed by atoms with E-state index in [2.05, 4.69) is 31.8 Å². The summed E-state index contributed by atoms with van der Waals surface area (Å²) < 4.78 is 0. The number of carbonyl (C=O) groups is 3. The Labute approximate surface area is 213 Å². The van der Waals surface area contributed by atoms with Gasteiger partial charge in [0, 0.05) is 41.8 Å². The SMILES string of the molecule is Cc1nnc(NC(=O)c2cccc([C@@H]3C[C@H]3NC3CCN(C4CC4)CC3)c2)s1.O=C(O)C=CC(=O)O. The van der Waals surface area contributed by atoms with E-state index in [0.29, 0.717) is 40.8 Å². The molecule has 11 heteroatoms. The maximum absolute atomic E-state index is 12.5. The monoisotopic (exact) mass is 513 g/mol. The summed E-state index contributed by atoms with van der Waals surface area (Å²) in [6.07, 6.45) is 7.64. The molecule has 5 rings (SSSR count). The number of nitrogens with zero attached hydrogens (tertiary/aromatic N) is 3. The number of hydrogen-bond donors (Lipinski definition) is 4. The van der Waals surface area contributed by atoms with Crippen LogP contribution < -0.4 is 10.6 Å². The summed E-state index contributed by atoms with van der Waals surface area (Å²) in [5.41, 5.74) is 1.95. The van der Waals surface area contributed by atoms with Crippen molar-refractivity contribution in [1.82, 2.24) is 20.4 Å². The second kappa shape index (κ2) is 11.7. The number of anilines is 1. The molecule has 0 bridgehead atoms. The molecule has 2 aromatic rings. The molecule has 10 nitrogen and oxygen atoms in total. The van der Waals surface area contributed by atoms with Gasteiger partial charge in [-0.25, -0.2) is 9.59 Å². The molecule has 2 aliphatic carbocycles. The number of piperidine rings is 1. The molecule has 1 aliphatic heterocycles. The Bertz CT molecular complexity index is 1110. The lowest BCUT2D eigenvalue weighted by atomic mass is 10.0. The molecular formula is C25H31N5O5S. The van der Waals surface area contributed by atoms with Crippen LogP contribution in [0.25, 0.3) is 0 Å². The van der Waals surface area contributed by atoms with Crippen LogP contribution in [-0.4, -0.2) is 74.4 Å². The fourth-order valence-electron chi connectivity index (χ4n) is 4.49. The van der Waals surface area contributed by atoms with Gasteiger partial charge in [0.15, 0.2) is 0 Å². The standard InChI is InChI=1S/C21H27N5OS.C4H4O4/c1-13-24-25-21(28-13)23-20(27)15-4-2-3-14(11-15)18-12-19(18)22-16-7-9-26(10-8-16)17-5-6-17;5-3(6)1-2-4(7)8/h2-4,11,16-19,22H,5-10,12H2,1H3,(H,23,25,27);1-2H,(H,5,6)(H,7,8)/t18-,19+;/m0./s1. The fraction of sp³-hybridized carbons (Fsp3) is 0.480. The van der Waals surface area contributed by atoms with E-state index in [4.69, 9.17) is 10.2 Å². The van der Waals surface area contributed by atoms with Crippen molar-refractivity contribution in [1.29, 1.82) is 0 Å². The van der Waals surface area contributed by atoms with E-state index in [0.717, 1.165) is 11.0 Å². The Morgan fingerprint density at radius 3 is 2.33 bits per heavy atom. The van der Waals surface area contributed by atoms with Crippen LogP contribution in [0.5, 0.6) is 0 Å². The normalized spacial score (nSPS) is 22.0. The Morgan fingerprint density at radius 1 is 1.06 bits per heavy atom. The fourth-order valence-corrected chi connectivity index (χ4v) is 5.08. The summed E-state index contributed by atoms with van der Waals surface area (Å²) in [5, 5.41) is 31.7. The van der Waals surface area contributed by atoms with E-state index < -0.39 is 11.9 Å². The van der Waals surface area contributed by atoms with Crippen LogP contribution >= 0.6 is 11.3 Å². The number of rotatable bonds is 8. The molecule has 3 fully saturated rings. The van der Waals surface area contributed by atoms with E-state index in [-0.39, 0.29) is 5.91 Å². The van der Waals surface area contributed by atoms with Gasteiger partial charge in [-0.3, -0.25) is 10.1 Å². The van der Waals surface area contributed by atoms with E-state index in [9.17, 15) is 14.4 Å². The Kier molecular flexibility index (Phi) is 8.44. The molecule has 1 aromatic carbocycles. The summed E-state index contributed by atoms with van der Waals surface area (Å²) in [5.74, 6) is -2.10. The van der Waals surface area contributed by atoms with E-state index in [1.807, 2.05) is 25.1 Å².